The minimum absolute atomic E-state index is 0.0234. The van der Waals surface area contributed by atoms with Gasteiger partial charge in [0.2, 0.25) is 5.56 Å². The lowest BCUT2D eigenvalue weighted by atomic mass is 9.81. The van der Waals surface area contributed by atoms with Crippen LogP contribution in [-0.2, 0) is 6.54 Å². The molecule has 2 heterocycles. The number of rotatable bonds is 4. The molecule has 2 fully saturated rings. The summed E-state index contributed by atoms with van der Waals surface area (Å²) in [6.45, 7) is 5.52. The van der Waals surface area contributed by atoms with Gasteiger partial charge in [0.25, 0.3) is 0 Å². The predicted molar refractivity (Wildman–Crippen MR) is 105 cm³/mol. The summed E-state index contributed by atoms with van der Waals surface area (Å²) in [4.78, 5) is 19.2. The number of aromatic nitrogens is 1. The van der Waals surface area contributed by atoms with Gasteiger partial charge < -0.3 is 4.98 Å². The van der Waals surface area contributed by atoms with Crippen LogP contribution in [0.25, 0.3) is 0 Å². The standard InChI is InChI=1S/C22H29N3O/c26-22-11-6-18(16-23-22)17-24-12-14-25(15-13-24)21-9-7-20(8-10-21)19-4-2-1-3-5-19/h1-6,11,16,20-21H,7-10,12-15,17H2,(H,23,26). The van der Waals surface area contributed by atoms with E-state index in [9.17, 15) is 4.79 Å². The number of hydrogen-bond acceptors (Lipinski definition) is 3. The van der Waals surface area contributed by atoms with Crippen LogP contribution in [0, 0.1) is 0 Å². The van der Waals surface area contributed by atoms with E-state index in [4.69, 9.17) is 0 Å². The molecule has 4 heteroatoms. The van der Waals surface area contributed by atoms with Crippen molar-refractivity contribution in [2.24, 2.45) is 0 Å². The predicted octanol–water partition coefficient (Wildman–Crippen LogP) is 3.22. The summed E-state index contributed by atoms with van der Waals surface area (Å²) in [5.74, 6) is 0.758. The summed E-state index contributed by atoms with van der Waals surface area (Å²) >= 11 is 0. The van der Waals surface area contributed by atoms with Gasteiger partial charge in [-0.25, -0.2) is 0 Å². The van der Waals surface area contributed by atoms with E-state index < -0.39 is 0 Å². The smallest absolute Gasteiger partial charge is 0.247 e. The first-order valence-electron chi connectivity index (χ1n) is 9.97. The van der Waals surface area contributed by atoms with Crippen molar-refractivity contribution < 1.29 is 0 Å². The van der Waals surface area contributed by atoms with E-state index in [-0.39, 0.29) is 5.56 Å². The van der Waals surface area contributed by atoms with Gasteiger partial charge in [-0.3, -0.25) is 14.6 Å². The average Bonchev–Trinajstić information content (AvgIpc) is 2.71. The van der Waals surface area contributed by atoms with Crippen molar-refractivity contribution >= 4 is 0 Å². The Kier molecular flexibility index (Phi) is 5.51. The highest BCUT2D eigenvalue weighted by molar-refractivity contribution is 5.20. The third-order valence-corrected chi connectivity index (χ3v) is 6.15. The molecule has 1 N–H and O–H groups in total. The second kappa shape index (κ2) is 8.19. The monoisotopic (exact) mass is 351 g/mol. The highest BCUT2D eigenvalue weighted by atomic mass is 16.1. The fourth-order valence-corrected chi connectivity index (χ4v) is 4.59. The van der Waals surface area contributed by atoms with Crippen LogP contribution in [0.5, 0.6) is 0 Å². The van der Waals surface area contributed by atoms with Crippen LogP contribution >= 0.6 is 0 Å². The summed E-state index contributed by atoms with van der Waals surface area (Å²) in [7, 11) is 0. The molecule has 0 unspecified atom stereocenters. The van der Waals surface area contributed by atoms with Gasteiger partial charge in [0.1, 0.15) is 0 Å². The topological polar surface area (TPSA) is 39.3 Å². The Morgan fingerprint density at radius 1 is 0.885 bits per heavy atom. The molecular formula is C22H29N3O. The number of aromatic amines is 1. The van der Waals surface area contributed by atoms with Crippen LogP contribution in [0.1, 0.15) is 42.7 Å². The highest BCUT2D eigenvalue weighted by Crippen LogP contribution is 2.34. The minimum atomic E-state index is -0.0234. The van der Waals surface area contributed by atoms with E-state index in [1.807, 2.05) is 12.3 Å². The molecule has 0 amide bonds. The first kappa shape index (κ1) is 17.5. The summed E-state index contributed by atoms with van der Waals surface area (Å²) in [6.07, 6.45) is 7.16. The van der Waals surface area contributed by atoms with Crippen molar-refractivity contribution in [1.29, 1.82) is 0 Å². The quantitative estimate of drug-likeness (QED) is 0.919. The molecule has 0 radical (unpaired) electrons. The molecule has 1 aromatic carbocycles. The molecule has 0 atom stereocenters. The van der Waals surface area contributed by atoms with Gasteiger partial charge in [0, 0.05) is 51.0 Å². The van der Waals surface area contributed by atoms with Crippen molar-refractivity contribution in [3.05, 3.63) is 70.1 Å². The second-order valence-electron chi connectivity index (χ2n) is 7.79. The first-order valence-corrected chi connectivity index (χ1v) is 9.97. The maximum absolute atomic E-state index is 11.2. The van der Waals surface area contributed by atoms with Gasteiger partial charge in [0.05, 0.1) is 0 Å². The summed E-state index contributed by atoms with van der Waals surface area (Å²) < 4.78 is 0. The molecule has 138 valence electrons. The number of nitrogens with zero attached hydrogens (tertiary/aromatic N) is 2. The minimum Gasteiger partial charge on any atom is -0.329 e. The van der Waals surface area contributed by atoms with Crippen LogP contribution in [-0.4, -0.2) is 47.0 Å². The largest absolute Gasteiger partial charge is 0.329 e. The zero-order chi connectivity index (χ0) is 17.8. The second-order valence-corrected chi connectivity index (χ2v) is 7.79. The molecule has 1 saturated heterocycles. The lowest BCUT2D eigenvalue weighted by molar-refractivity contribution is 0.0726. The Hall–Kier alpha value is -1.91. The van der Waals surface area contributed by atoms with E-state index in [0.29, 0.717) is 0 Å². The number of pyridine rings is 1. The van der Waals surface area contributed by atoms with Gasteiger partial charge in [0.15, 0.2) is 0 Å². The maximum Gasteiger partial charge on any atom is 0.247 e. The zero-order valence-electron chi connectivity index (χ0n) is 15.4. The van der Waals surface area contributed by atoms with Crippen molar-refractivity contribution in [3.8, 4) is 0 Å². The molecule has 1 aromatic heterocycles. The maximum atomic E-state index is 11.2. The fraction of sp³-hybridized carbons (Fsp3) is 0.500. The molecule has 4 rings (SSSR count). The Balaban J connectivity index is 1.24. The molecule has 0 spiro atoms. The lowest BCUT2D eigenvalue weighted by Crippen LogP contribution is -2.50. The molecule has 2 aromatic rings. The summed E-state index contributed by atoms with van der Waals surface area (Å²) in [5.41, 5.74) is 2.70. The molecule has 26 heavy (non-hydrogen) atoms. The Bertz CT molecular complexity index is 721. The van der Waals surface area contributed by atoms with Gasteiger partial charge >= 0.3 is 0 Å². The van der Waals surface area contributed by atoms with Crippen molar-refractivity contribution in [3.63, 3.8) is 0 Å². The molecule has 4 nitrogen and oxygen atoms in total. The Labute approximate surface area is 155 Å². The van der Waals surface area contributed by atoms with Crippen LogP contribution in [0.15, 0.2) is 53.5 Å². The fourth-order valence-electron chi connectivity index (χ4n) is 4.59. The van der Waals surface area contributed by atoms with Gasteiger partial charge in [-0.05, 0) is 42.7 Å². The van der Waals surface area contributed by atoms with Crippen LogP contribution in [0.4, 0.5) is 0 Å². The molecule has 1 aliphatic heterocycles. The number of benzene rings is 1. The molecule has 2 aliphatic rings. The number of nitrogens with one attached hydrogen (secondary N) is 1. The van der Waals surface area contributed by atoms with Gasteiger partial charge in [-0.15, -0.1) is 0 Å². The lowest BCUT2D eigenvalue weighted by Gasteiger charge is -2.42. The van der Waals surface area contributed by atoms with Crippen molar-refractivity contribution in [2.75, 3.05) is 26.2 Å². The van der Waals surface area contributed by atoms with E-state index in [2.05, 4.69) is 45.1 Å². The van der Waals surface area contributed by atoms with Crippen LogP contribution in [0.2, 0.25) is 0 Å². The van der Waals surface area contributed by atoms with Crippen molar-refractivity contribution in [1.82, 2.24) is 14.8 Å². The normalized spacial score (nSPS) is 25.2. The van der Waals surface area contributed by atoms with E-state index in [1.165, 1.54) is 49.9 Å². The number of hydrogen-bond donors (Lipinski definition) is 1. The Morgan fingerprint density at radius 2 is 1.62 bits per heavy atom. The van der Waals surface area contributed by atoms with Crippen molar-refractivity contribution in [2.45, 2.75) is 44.2 Å². The Morgan fingerprint density at radius 3 is 2.27 bits per heavy atom. The summed E-state index contributed by atoms with van der Waals surface area (Å²) in [6, 6.07) is 15.4. The average molecular weight is 351 g/mol. The van der Waals surface area contributed by atoms with Gasteiger partial charge in [-0.1, -0.05) is 36.4 Å². The van der Waals surface area contributed by atoms with E-state index in [0.717, 1.165) is 31.6 Å². The van der Waals surface area contributed by atoms with Gasteiger partial charge in [-0.2, -0.15) is 0 Å². The van der Waals surface area contributed by atoms with E-state index >= 15 is 0 Å². The third kappa shape index (κ3) is 4.25. The first-order chi connectivity index (χ1) is 12.8. The van der Waals surface area contributed by atoms with Crippen LogP contribution in [0.3, 0.4) is 0 Å². The molecule has 1 saturated carbocycles. The third-order valence-electron chi connectivity index (χ3n) is 6.15. The summed E-state index contributed by atoms with van der Waals surface area (Å²) in [5, 5.41) is 0. The molecule has 0 bridgehead atoms. The number of piperazine rings is 1. The number of H-pyrrole nitrogens is 1. The zero-order valence-corrected chi connectivity index (χ0v) is 15.4. The highest BCUT2D eigenvalue weighted by Gasteiger charge is 2.28. The van der Waals surface area contributed by atoms with E-state index in [1.54, 1.807) is 6.07 Å². The molecule has 1 aliphatic carbocycles. The SMILES string of the molecule is O=c1ccc(CN2CCN(C3CCC(c4ccccc4)CC3)CC2)c[nH]1. The van der Waals surface area contributed by atoms with Crippen LogP contribution < -0.4 is 5.56 Å². The molecular weight excluding hydrogens is 322 g/mol.